The first-order valence-corrected chi connectivity index (χ1v) is 7.81. The number of anilines is 3. The molecule has 0 aliphatic carbocycles. The number of amides is 1. The SMILES string of the molecule is Cc1ccc(NC(=O)c2cnc(Nc3ccc(F)c(Cl)c3)cn2)cc1. The molecule has 1 amide bonds. The van der Waals surface area contributed by atoms with Gasteiger partial charge in [0.1, 0.15) is 17.3 Å². The first kappa shape index (κ1) is 16.9. The number of rotatable bonds is 4. The number of nitrogens with one attached hydrogen (secondary N) is 2. The predicted octanol–water partition coefficient (Wildman–Crippen LogP) is 4.57. The molecule has 2 aromatic carbocycles. The molecule has 2 N–H and O–H groups in total. The van der Waals surface area contributed by atoms with Gasteiger partial charge in [-0.05, 0) is 37.3 Å². The Morgan fingerprint density at radius 1 is 1.04 bits per heavy atom. The fraction of sp³-hybridized carbons (Fsp3) is 0.0556. The van der Waals surface area contributed by atoms with Crippen molar-refractivity contribution >= 4 is 34.7 Å². The molecule has 0 bridgehead atoms. The van der Waals surface area contributed by atoms with E-state index in [2.05, 4.69) is 20.6 Å². The molecule has 0 saturated heterocycles. The van der Waals surface area contributed by atoms with Crippen LogP contribution in [0.1, 0.15) is 16.1 Å². The van der Waals surface area contributed by atoms with Gasteiger partial charge in [0.25, 0.3) is 5.91 Å². The van der Waals surface area contributed by atoms with Gasteiger partial charge in [-0.1, -0.05) is 29.3 Å². The fourth-order valence-corrected chi connectivity index (χ4v) is 2.24. The summed E-state index contributed by atoms with van der Waals surface area (Å²) in [6.07, 6.45) is 2.78. The van der Waals surface area contributed by atoms with Crippen LogP contribution >= 0.6 is 11.6 Å². The molecule has 25 heavy (non-hydrogen) atoms. The van der Waals surface area contributed by atoms with E-state index in [1.807, 2.05) is 31.2 Å². The van der Waals surface area contributed by atoms with Crippen LogP contribution in [0, 0.1) is 12.7 Å². The van der Waals surface area contributed by atoms with Crippen LogP contribution < -0.4 is 10.6 Å². The number of aryl methyl sites for hydroxylation is 1. The van der Waals surface area contributed by atoms with Crippen LogP contribution in [0.25, 0.3) is 0 Å². The molecule has 3 rings (SSSR count). The van der Waals surface area contributed by atoms with E-state index in [1.165, 1.54) is 30.6 Å². The van der Waals surface area contributed by atoms with Gasteiger partial charge in [0.2, 0.25) is 0 Å². The second-order valence-corrected chi connectivity index (χ2v) is 5.77. The minimum atomic E-state index is -0.499. The molecule has 0 radical (unpaired) electrons. The normalized spacial score (nSPS) is 10.4. The number of carbonyl (C=O) groups is 1. The van der Waals surface area contributed by atoms with E-state index in [9.17, 15) is 9.18 Å². The monoisotopic (exact) mass is 356 g/mol. The molecule has 5 nitrogen and oxygen atoms in total. The van der Waals surface area contributed by atoms with Gasteiger partial charge in [-0.3, -0.25) is 4.79 Å². The Kier molecular flexibility index (Phi) is 4.90. The highest BCUT2D eigenvalue weighted by atomic mass is 35.5. The summed E-state index contributed by atoms with van der Waals surface area (Å²) < 4.78 is 13.1. The summed E-state index contributed by atoms with van der Waals surface area (Å²) >= 11 is 5.73. The average molecular weight is 357 g/mol. The number of aromatic nitrogens is 2. The van der Waals surface area contributed by atoms with Crippen molar-refractivity contribution in [2.24, 2.45) is 0 Å². The molecule has 0 spiro atoms. The predicted molar refractivity (Wildman–Crippen MR) is 95.9 cm³/mol. The summed E-state index contributed by atoms with van der Waals surface area (Å²) in [6, 6.07) is 11.7. The molecule has 0 saturated carbocycles. The number of carbonyl (C=O) groups excluding carboxylic acids is 1. The van der Waals surface area contributed by atoms with Crippen molar-refractivity contribution in [3.8, 4) is 0 Å². The maximum atomic E-state index is 13.1. The Hall–Kier alpha value is -2.99. The summed E-state index contributed by atoms with van der Waals surface area (Å²) in [5, 5.41) is 5.69. The summed E-state index contributed by atoms with van der Waals surface area (Å²) in [4.78, 5) is 20.4. The molecule has 126 valence electrons. The van der Waals surface area contributed by atoms with Gasteiger partial charge in [0.15, 0.2) is 0 Å². The minimum Gasteiger partial charge on any atom is -0.339 e. The zero-order valence-electron chi connectivity index (χ0n) is 13.3. The van der Waals surface area contributed by atoms with E-state index in [0.29, 0.717) is 17.2 Å². The smallest absolute Gasteiger partial charge is 0.275 e. The molecule has 1 heterocycles. The van der Waals surface area contributed by atoms with Crippen LogP contribution in [0.2, 0.25) is 5.02 Å². The summed E-state index contributed by atoms with van der Waals surface area (Å²) in [5.74, 6) is -0.441. The summed E-state index contributed by atoms with van der Waals surface area (Å²) in [6.45, 7) is 1.97. The zero-order chi connectivity index (χ0) is 17.8. The third-order valence-corrected chi connectivity index (χ3v) is 3.68. The molecule has 1 aromatic heterocycles. The van der Waals surface area contributed by atoms with Gasteiger partial charge < -0.3 is 10.6 Å². The van der Waals surface area contributed by atoms with Crippen molar-refractivity contribution in [3.05, 3.63) is 77.0 Å². The van der Waals surface area contributed by atoms with E-state index in [1.54, 1.807) is 0 Å². The van der Waals surface area contributed by atoms with Crippen LogP contribution in [-0.2, 0) is 0 Å². The Bertz CT molecular complexity index is 898. The first-order chi connectivity index (χ1) is 12.0. The lowest BCUT2D eigenvalue weighted by atomic mass is 10.2. The lowest BCUT2D eigenvalue weighted by molar-refractivity contribution is 0.102. The van der Waals surface area contributed by atoms with Gasteiger partial charge in [0, 0.05) is 11.4 Å². The van der Waals surface area contributed by atoms with E-state index >= 15 is 0 Å². The lowest BCUT2D eigenvalue weighted by Crippen LogP contribution is -2.14. The lowest BCUT2D eigenvalue weighted by Gasteiger charge is -2.07. The fourth-order valence-electron chi connectivity index (χ4n) is 2.06. The van der Waals surface area contributed by atoms with Crippen molar-refractivity contribution in [1.29, 1.82) is 0 Å². The zero-order valence-corrected chi connectivity index (χ0v) is 14.0. The highest BCUT2D eigenvalue weighted by Gasteiger charge is 2.09. The van der Waals surface area contributed by atoms with Gasteiger partial charge in [0.05, 0.1) is 17.4 Å². The topological polar surface area (TPSA) is 66.9 Å². The van der Waals surface area contributed by atoms with Crippen molar-refractivity contribution in [1.82, 2.24) is 9.97 Å². The molecular weight excluding hydrogens is 343 g/mol. The van der Waals surface area contributed by atoms with Crippen molar-refractivity contribution in [3.63, 3.8) is 0 Å². The Balaban J connectivity index is 1.67. The van der Waals surface area contributed by atoms with Crippen molar-refractivity contribution < 1.29 is 9.18 Å². The van der Waals surface area contributed by atoms with Crippen LogP contribution in [-0.4, -0.2) is 15.9 Å². The third-order valence-electron chi connectivity index (χ3n) is 3.39. The van der Waals surface area contributed by atoms with Gasteiger partial charge in [-0.2, -0.15) is 0 Å². The maximum absolute atomic E-state index is 13.1. The van der Waals surface area contributed by atoms with Gasteiger partial charge >= 0.3 is 0 Å². The van der Waals surface area contributed by atoms with Crippen LogP contribution in [0.15, 0.2) is 54.9 Å². The van der Waals surface area contributed by atoms with Crippen LogP contribution in [0.4, 0.5) is 21.6 Å². The van der Waals surface area contributed by atoms with E-state index in [4.69, 9.17) is 11.6 Å². The summed E-state index contributed by atoms with van der Waals surface area (Å²) in [5.41, 5.74) is 2.54. The Morgan fingerprint density at radius 3 is 2.40 bits per heavy atom. The molecule has 0 fully saturated rings. The second-order valence-electron chi connectivity index (χ2n) is 5.36. The van der Waals surface area contributed by atoms with Gasteiger partial charge in [-0.15, -0.1) is 0 Å². The average Bonchev–Trinajstić information content (AvgIpc) is 2.61. The molecule has 0 unspecified atom stereocenters. The van der Waals surface area contributed by atoms with Crippen LogP contribution in [0.3, 0.4) is 0 Å². The largest absolute Gasteiger partial charge is 0.339 e. The van der Waals surface area contributed by atoms with E-state index in [-0.39, 0.29) is 16.6 Å². The maximum Gasteiger partial charge on any atom is 0.275 e. The number of halogens is 2. The molecule has 0 aliphatic heterocycles. The Labute approximate surface area is 148 Å². The second kappa shape index (κ2) is 7.27. The summed E-state index contributed by atoms with van der Waals surface area (Å²) in [7, 11) is 0. The Morgan fingerprint density at radius 2 is 1.76 bits per heavy atom. The van der Waals surface area contributed by atoms with E-state index in [0.717, 1.165) is 5.56 Å². The van der Waals surface area contributed by atoms with E-state index < -0.39 is 5.82 Å². The third kappa shape index (κ3) is 4.30. The molecule has 7 heteroatoms. The molecule has 0 aliphatic rings. The van der Waals surface area contributed by atoms with Crippen LogP contribution in [0.5, 0.6) is 0 Å². The standard InChI is InChI=1S/C18H14ClFN4O/c1-11-2-4-12(5-3-11)24-18(25)16-9-22-17(10-21-16)23-13-6-7-15(20)14(19)8-13/h2-10H,1H3,(H,22,23)(H,24,25). The molecule has 3 aromatic rings. The number of nitrogens with zero attached hydrogens (tertiary/aromatic N) is 2. The highest BCUT2D eigenvalue weighted by Crippen LogP contribution is 2.21. The molecule has 0 atom stereocenters. The van der Waals surface area contributed by atoms with Crippen molar-refractivity contribution in [2.75, 3.05) is 10.6 Å². The number of benzene rings is 2. The quantitative estimate of drug-likeness (QED) is 0.718. The van der Waals surface area contributed by atoms with Gasteiger partial charge in [-0.25, -0.2) is 14.4 Å². The molecular formula is C18H14ClFN4O. The number of hydrogen-bond donors (Lipinski definition) is 2. The number of hydrogen-bond acceptors (Lipinski definition) is 4. The minimum absolute atomic E-state index is 0.00653. The van der Waals surface area contributed by atoms with Crippen molar-refractivity contribution in [2.45, 2.75) is 6.92 Å². The first-order valence-electron chi connectivity index (χ1n) is 7.43. The highest BCUT2D eigenvalue weighted by molar-refractivity contribution is 6.31.